The maximum atomic E-state index is 13.0. The van der Waals surface area contributed by atoms with Gasteiger partial charge in [-0.2, -0.15) is 13.2 Å². The fourth-order valence-corrected chi connectivity index (χ4v) is 3.27. The quantitative estimate of drug-likeness (QED) is 0.833. The summed E-state index contributed by atoms with van der Waals surface area (Å²) in [7, 11) is 0. The van der Waals surface area contributed by atoms with E-state index in [-0.39, 0.29) is 24.8 Å². The Morgan fingerprint density at radius 1 is 1.38 bits per heavy atom. The van der Waals surface area contributed by atoms with Crippen LogP contribution in [0.2, 0.25) is 0 Å². The summed E-state index contributed by atoms with van der Waals surface area (Å²) in [6, 6.07) is 3.79. The molecule has 0 bridgehead atoms. The number of hydrogen-bond acceptors (Lipinski definition) is 2. The topological polar surface area (TPSA) is 25.2 Å². The summed E-state index contributed by atoms with van der Waals surface area (Å²) in [6.45, 7) is 2.90. The number of furan rings is 1. The first-order chi connectivity index (χ1) is 10.0. The standard InChI is InChI=1S/C16H24F3NO/c1-2-8-20-15(11-14-7-4-9-21-14)12-5-3-6-13(10-12)16(17,18)19/h4,7,9,12-13,15,20H,2-3,5-6,8,10-11H2,1H3. The molecule has 2 nitrogen and oxygen atoms in total. The van der Waals surface area contributed by atoms with Gasteiger partial charge in [0.15, 0.2) is 0 Å². The molecule has 0 saturated heterocycles. The van der Waals surface area contributed by atoms with Gasteiger partial charge in [0.1, 0.15) is 5.76 Å². The van der Waals surface area contributed by atoms with Crippen LogP contribution in [0, 0.1) is 11.8 Å². The number of halogens is 3. The van der Waals surface area contributed by atoms with Crippen molar-refractivity contribution in [2.45, 2.75) is 57.7 Å². The minimum atomic E-state index is -4.06. The van der Waals surface area contributed by atoms with Crippen molar-refractivity contribution in [1.82, 2.24) is 5.32 Å². The Labute approximate surface area is 124 Å². The third-order valence-corrected chi connectivity index (χ3v) is 4.40. The minimum Gasteiger partial charge on any atom is -0.469 e. The molecule has 0 aromatic carbocycles. The summed E-state index contributed by atoms with van der Waals surface area (Å²) in [4.78, 5) is 0. The molecule has 1 heterocycles. The lowest BCUT2D eigenvalue weighted by Crippen LogP contribution is -2.42. The maximum absolute atomic E-state index is 13.0. The Hall–Kier alpha value is -0.970. The van der Waals surface area contributed by atoms with Gasteiger partial charge >= 0.3 is 6.18 Å². The summed E-state index contributed by atoms with van der Waals surface area (Å²) in [5.41, 5.74) is 0. The van der Waals surface area contributed by atoms with Crippen molar-refractivity contribution in [2.75, 3.05) is 6.54 Å². The normalized spacial score (nSPS) is 25.0. The van der Waals surface area contributed by atoms with Crippen molar-refractivity contribution in [3.63, 3.8) is 0 Å². The molecule has 1 aromatic rings. The molecule has 1 N–H and O–H groups in total. The first kappa shape index (κ1) is 16.4. The molecule has 120 valence electrons. The highest BCUT2D eigenvalue weighted by molar-refractivity contribution is 5.02. The first-order valence-electron chi connectivity index (χ1n) is 7.83. The van der Waals surface area contributed by atoms with Crippen LogP contribution in [0.4, 0.5) is 13.2 Å². The molecule has 1 saturated carbocycles. The SMILES string of the molecule is CCCNC(Cc1ccco1)C1CCCC(C(F)(F)F)C1. The first-order valence-corrected chi connectivity index (χ1v) is 7.83. The summed E-state index contributed by atoms with van der Waals surface area (Å²) in [5, 5.41) is 3.42. The van der Waals surface area contributed by atoms with E-state index >= 15 is 0 Å². The number of rotatable bonds is 6. The smallest absolute Gasteiger partial charge is 0.391 e. The highest BCUT2D eigenvalue weighted by atomic mass is 19.4. The van der Waals surface area contributed by atoms with Crippen LogP contribution in [-0.2, 0) is 6.42 Å². The van der Waals surface area contributed by atoms with Gasteiger partial charge in [-0.25, -0.2) is 0 Å². The van der Waals surface area contributed by atoms with Gasteiger partial charge in [0, 0.05) is 12.5 Å². The molecule has 1 aliphatic rings. The van der Waals surface area contributed by atoms with E-state index in [9.17, 15) is 13.2 Å². The van der Waals surface area contributed by atoms with Crippen LogP contribution < -0.4 is 5.32 Å². The third-order valence-electron chi connectivity index (χ3n) is 4.40. The van der Waals surface area contributed by atoms with E-state index in [1.54, 1.807) is 6.26 Å². The number of alkyl halides is 3. The van der Waals surface area contributed by atoms with E-state index in [1.165, 1.54) is 0 Å². The van der Waals surface area contributed by atoms with E-state index in [2.05, 4.69) is 12.2 Å². The van der Waals surface area contributed by atoms with Crippen LogP contribution in [0.1, 0.15) is 44.8 Å². The zero-order valence-electron chi connectivity index (χ0n) is 12.5. The Morgan fingerprint density at radius 3 is 2.81 bits per heavy atom. The Morgan fingerprint density at radius 2 is 2.19 bits per heavy atom. The van der Waals surface area contributed by atoms with Gasteiger partial charge in [-0.1, -0.05) is 13.3 Å². The predicted octanol–water partition coefficient (Wildman–Crippen LogP) is 4.56. The van der Waals surface area contributed by atoms with Gasteiger partial charge in [0.2, 0.25) is 0 Å². The largest absolute Gasteiger partial charge is 0.469 e. The Kier molecular flexibility index (Phi) is 5.73. The second-order valence-electron chi connectivity index (χ2n) is 6.01. The second-order valence-corrected chi connectivity index (χ2v) is 6.01. The van der Waals surface area contributed by atoms with Gasteiger partial charge in [0.25, 0.3) is 0 Å². The Balaban J connectivity index is 2.01. The molecule has 3 unspecified atom stereocenters. The summed E-state index contributed by atoms with van der Waals surface area (Å²) >= 11 is 0. The van der Waals surface area contributed by atoms with Crippen molar-refractivity contribution < 1.29 is 17.6 Å². The molecule has 2 rings (SSSR count). The van der Waals surface area contributed by atoms with Crippen molar-refractivity contribution in [3.05, 3.63) is 24.2 Å². The van der Waals surface area contributed by atoms with Gasteiger partial charge in [0.05, 0.1) is 12.2 Å². The summed E-state index contributed by atoms with van der Waals surface area (Å²) in [6.07, 6.45) is 1.26. The molecule has 0 aliphatic heterocycles. The van der Waals surface area contributed by atoms with Crippen LogP contribution in [0.5, 0.6) is 0 Å². The maximum Gasteiger partial charge on any atom is 0.391 e. The second kappa shape index (κ2) is 7.34. The molecular formula is C16H24F3NO. The molecule has 21 heavy (non-hydrogen) atoms. The highest BCUT2D eigenvalue weighted by Gasteiger charge is 2.43. The lowest BCUT2D eigenvalue weighted by Gasteiger charge is -2.35. The summed E-state index contributed by atoms with van der Waals surface area (Å²) < 4.78 is 44.3. The predicted molar refractivity (Wildman–Crippen MR) is 76.0 cm³/mol. The van der Waals surface area contributed by atoms with Gasteiger partial charge < -0.3 is 9.73 Å². The number of hydrogen-bond donors (Lipinski definition) is 1. The molecule has 5 heteroatoms. The average Bonchev–Trinajstić information content (AvgIpc) is 2.95. The average molecular weight is 303 g/mol. The van der Waals surface area contributed by atoms with E-state index in [1.807, 2.05) is 12.1 Å². The molecule has 0 spiro atoms. The monoisotopic (exact) mass is 303 g/mol. The lowest BCUT2D eigenvalue weighted by atomic mass is 9.76. The van der Waals surface area contributed by atoms with Crippen molar-refractivity contribution in [2.24, 2.45) is 11.8 Å². The molecule has 0 amide bonds. The van der Waals surface area contributed by atoms with Crippen LogP contribution >= 0.6 is 0 Å². The van der Waals surface area contributed by atoms with Crippen LogP contribution in [0.25, 0.3) is 0 Å². The molecule has 0 radical (unpaired) electrons. The lowest BCUT2D eigenvalue weighted by molar-refractivity contribution is -0.186. The highest BCUT2D eigenvalue weighted by Crippen LogP contribution is 2.41. The molecule has 3 atom stereocenters. The zero-order chi connectivity index (χ0) is 15.3. The van der Waals surface area contributed by atoms with Gasteiger partial charge in [-0.15, -0.1) is 0 Å². The fourth-order valence-electron chi connectivity index (χ4n) is 3.27. The zero-order valence-corrected chi connectivity index (χ0v) is 12.5. The summed E-state index contributed by atoms with van der Waals surface area (Å²) in [5.74, 6) is -0.224. The third kappa shape index (κ3) is 4.77. The van der Waals surface area contributed by atoms with E-state index < -0.39 is 12.1 Å². The molecule has 1 fully saturated rings. The van der Waals surface area contributed by atoms with E-state index in [0.717, 1.165) is 25.1 Å². The van der Waals surface area contributed by atoms with Gasteiger partial charge in [-0.05, 0) is 50.3 Å². The van der Waals surface area contributed by atoms with Gasteiger partial charge in [-0.3, -0.25) is 0 Å². The molecule has 1 aromatic heterocycles. The van der Waals surface area contributed by atoms with Crippen molar-refractivity contribution in [1.29, 1.82) is 0 Å². The molecular weight excluding hydrogens is 279 g/mol. The Bertz CT molecular complexity index is 402. The van der Waals surface area contributed by atoms with E-state index in [0.29, 0.717) is 12.8 Å². The fraction of sp³-hybridized carbons (Fsp3) is 0.750. The minimum absolute atomic E-state index is 0.0706. The van der Waals surface area contributed by atoms with E-state index in [4.69, 9.17) is 4.42 Å². The van der Waals surface area contributed by atoms with Crippen molar-refractivity contribution in [3.8, 4) is 0 Å². The van der Waals surface area contributed by atoms with Crippen LogP contribution in [-0.4, -0.2) is 18.8 Å². The van der Waals surface area contributed by atoms with Crippen LogP contribution in [0.15, 0.2) is 22.8 Å². The number of nitrogens with one attached hydrogen (secondary N) is 1. The van der Waals surface area contributed by atoms with Crippen LogP contribution in [0.3, 0.4) is 0 Å². The van der Waals surface area contributed by atoms with Crippen molar-refractivity contribution >= 4 is 0 Å². The molecule has 1 aliphatic carbocycles.